The number of thiocarbonyl (C=S) groups is 1. The summed E-state index contributed by atoms with van der Waals surface area (Å²) in [5, 5.41) is 7.70. The van der Waals surface area contributed by atoms with Crippen molar-refractivity contribution in [2.75, 3.05) is 13.2 Å². The first-order chi connectivity index (χ1) is 9.65. The second kappa shape index (κ2) is 7.31. The van der Waals surface area contributed by atoms with E-state index in [1.54, 1.807) is 12.1 Å². The highest BCUT2D eigenvalue weighted by Gasteiger charge is 2.15. The highest BCUT2D eigenvalue weighted by Crippen LogP contribution is 2.10. The van der Waals surface area contributed by atoms with E-state index < -0.39 is 0 Å². The van der Waals surface area contributed by atoms with E-state index in [1.807, 2.05) is 6.92 Å². The zero-order chi connectivity index (χ0) is 14.4. The van der Waals surface area contributed by atoms with Gasteiger partial charge in [-0.05, 0) is 49.7 Å². The Morgan fingerprint density at radius 3 is 2.85 bits per heavy atom. The monoisotopic (exact) mass is 295 g/mol. The van der Waals surface area contributed by atoms with Crippen LogP contribution in [0.15, 0.2) is 29.4 Å². The molecule has 2 N–H and O–H groups in total. The number of hydrazone groups is 1. The SMILES string of the molecule is C/C(=N/NC(=S)NC[C@@H]1CCCO1)c1ccc(F)cc1. The summed E-state index contributed by atoms with van der Waals surface area (Å²) in [6, 6.07) is 6.17. The lowest BCUT2D eigenvalue weighted by atomic mass is 10.1. The molecule has 1 aliphatic heterocycles. The molecule has 1 atom stereocenters. The second-order valence-electron chi connectivity index (χ2n) is 4.66. The van der Waals surface area contributed by atoms with E-state index in [0.29, 0.717) is 11.7 Å². The smallest absolute Gasteiger partial charge is 0.187 e. The van der Waals surface area contributed by atoms with E-state index in [1.165, 1.54) is 12.1 Å². The lowest BCUT2D eigenvalue weighted by Gasteiger charge is -2.12. The molecular weight excluding hydrogens is 277 g/mol. The van der Waals surface area contributed by atoms with Crippen molar-refractivity contribution < 1.29 is 9.13 Å². The molecule has 0 radical (unpaired) electrons. The van der Waals surface area contributed by atoms with Crippen LogP contribution in [0.2, 0.25) is 0 Å². The molecule has 2 rings (SSSR count). The predicted octanol–water partition coefficient (Wildman–Crippen LogP) is 2.19. The van der Waals surface area contributed by atoms with Crippen molar-refractivity contribution in [2.24, 2.45) is 5.10 Å². The van der Waals surface area contributed by atoms with Crippen LogP contribution in [0.5, 0.6) is 0 Å². The molecule has 6 heteroatoms. The molecule has 1 fully saturated rings. The van der Waals surface area contributed by atoms with Crippen LogP contribution in [0.1, 0.15) is 25.3 Å². The molecule has 0 unspecified atom stereocenters. The number of nitrogens with zero attached hydrogens (tertiary/aromatic N) is 1. The number of benzene rings is 1. The summed E-state index contributed by atoms with van der Waals surface area (Å²) < 4.78 is 18.3. The molecule has 1 heterocycles. The van der Waals surface area contributed by atoms with Gasteiger partial charge >= 0.3 is 0 Å². The molecule has 0 amide bonds. The van der Waals surface area contributed by atoms with Gasteiger partial charge in [-0.15, -0.1) is 0 Å². The fraction of sp³-hybridized carbons (Fsp3) is 0.429. The Morgan fingerprint density at radius 2 is 2.20 bits per heavy atom. The van der Waals surface area contributed by atoms with Gasteiger partial charge in [0.1, 0.15) is 5.82 Å². The summed E-state index contributed by atoms with van der Waals surface area (Å²) in [6.07, 6.45) is 2.40. The van der Waals surface area contributed by atoms with Crippen LogP contribution in [-0.4, -0.2) is 30.1 Å². The van der Waals surface area contributed by atoms with Gasteiger partial charge in [0.15, 0.2) is 5.11 Å². The normalized spacial score (nSPS) is 18.9. The van der Waals surface area contributed by atoms with Crippen LogP contribution in [0, 0.1) is 5.82 Å². The minimum absolute atomic E-state index is 0.233. The van der Waals surface area contributed by atoms with E-state index in [0.717, 1.165) is 30.7 Å². The molecule has 0 aliphatic carbocycles. The zero-order valence-electron chi connectivity index (χ0n) is 11.4. The molecule has 1 saturated heterocycles. The Kier molecular flexibility index (Phi) is 5.43. The van der Waals surface area contributed by atoms with E-state index in [4.69, 9.17) is 17.0 Å². The van der Waals surface area contributed by atoms with E-state index >= 15 is 0 Å². The van der Waals surface area contributed by atoms with E-state index in [2.05, 4.69) is 15.8 Å². The number of rotatable bonds is 4. The van der Waals surface area contributed by atoms with Gasteiger partial charge in [0.2, 0.25) is 0 Å². The Balaban J connectivity index is 1.78. The molecule has 20 heavy (non-hydrogen) atoms. The van der Waals surface area contributed by atoms with Gasteiger partial charge in [0.05, 0.1) is 11.8 Å². The molecule has 108 valence electrons. The summed E-state index contributed by atoms with van der Waals surface area (Å²) in [4.78, 5) is 0. The fourth-order valence-electron chi connectivity index (χ4n) is 1.94. The lowest BCUT2D eigenvalue weighted by Crippen LogP contribution is -2.37. The fourth-order valence-corrected chi connectivity index (χ4v) is 2.07. The molecule has 4 nitrogen and oxygen atoms in total. The average Bonchev–Trinajstić information content (AvgIpc) is 2.96. The van der Waals surface area contributed by atoms with Crippen LogP contribution in [0.3, 0.4) is 0 Å². The molecule has 0 bridgehead atoms. The molecule has 0 aromatic heterocycles. The van der Waals surface area contributed by atoms with Gasteiger partial charge in [-0.1, -0.05) is 12.1 Å². The average molecular weight is 295 g/mol. The standard InChI is InChI=1S/C14H18FN3OS/c1-10(11-4-6-12(15)7-5-11)17-18-14(20)16-9-13-3-2-8-19-13/h4-7,13H,2-3,8-9H2,1H3,(H2,16,18,20)/b17-10-/t13-/m0/s1. The van der Waals surface area contributed by atoms with Crippen molar-refractivity contribution in [1.29, 1.82) is 0 Å². The third kappa shape index (κ3) is 4.54. The summed E-state index contributed by atoms with van der Waals surface area (Å²) in [5.41, 5.74) is 4.37. The molecule has 1 aliphatic rings. The first-order valence-electron chi connectivity index (χ1n) is 6.61. The summed E-state index contributed by atoms with van der Waals surface area (Å²) in [6.45, 7) is 3.36. The third-order valence-electron chi connectivity index (χ3n) is 3.10. The summed E-state index contributed by atoms with van der Waals surface area (Å²) in [5.74, 6) is -0.261. The van der Waals surface area contributed by atoms with Gasteiger partial charge in [0, 0.05) is 13.2 Å². The molecule has 1 aromatic rings. The van der Waals surface area contributed by atoms with Crippen LogP contribution < -0.4 is 10.7 Å². The predicted molar refractivity (Wildman–Crippen MR) is 81.3 cm³/mol. The molecule has 0 saturated carbocycles. The molecule has 1 aromatic carbocycles. The van der Waals surface area contributed by atoms with Gasteiger partial charge in [-0.2, -0.15) is 5.10 Å². The van der Waals surface area contributed by atoms with Crippen molar-refractivity contribution in [3.05, 3.63) is 35.6 Å². The van der Waals surface area contributed by atoms with Gasteiger partial charge in [-0.25, -0.2) is 4.39 Å². The largest absolute Gasteiger partial charge is 0.376 e. The molecular formula is C14H18FN3OS. The van der Waals surface area contributed by atoms with Crippen LogP contribution in [0.4, 0.5) is 4.39 Å². The third-order valence-corrected chi connectivity index (χ3v) is 3.34. The first-order valence-corrected chi connectivity index (χ1v) is 7.01. The van der Waals surface area contributed by atoms with Gasteiger partial charge in [-0.3, -0.25) is 5.43 Å². The number of hydrogen-bond acceptors (Lipinski definition) is 3. The van der Waals surface area contributed by atoms with Gasteiger partial charge < -0.3 is 10.1 Å². The zero-order valence-corrected chi connectivity index (χ0v) is 12.2. The topological polar surface area (TPSA) is 45.7 Å². The number of ether oxygens (including phenoxy) is 1. The summed E-state index contributed by atoms with van der Waals surface area (Å²) in [7, 11) is 0. The van der Waals surface area contributed by atoms with Crippen LogP contribution in [-0.2, 0) is 4.74 Å². The lowest BCUT2D eigenvalue weighted by molar-refractivity contribution is 0.114. The maximum Gasteiger partial charge on any atom is 0.187 e. The van der Waals surface area contributed by atoms with E-state index in [-0.39, 0.29) is 11.9 Å². The Morgan fingerprint density at radius 1 is 1.45 bits per heavy atom. The molecule has 0 spiro atoms. The number of hydrogen-bond donors (Lipinski definition) is 2. The minimum Gasteiger partial charge on any atom is -0.376 e. The first kappa shape index (κ1) is 14.9. The van der Waals surface area contributed by atoms with Crippen molar-refractivity contribution in [3.63, 3.8) is 0 Å². The van der Waals surface area contributed by atoms with Crippen molar-refractivity contribution >= 4 is 23.0 Å². The number of halogens is 1. The summed E-state index contributed by atoms with van der Waals surface area (Å²) >= 11 is 5.13. The highest BCUT2D eigenvalue weighted by atomic mass is 32.1. The van der Waals surface area contributed by atoms with Gasteiger partial charge in [0.25, 0.3) is 0 Å². The maximum atomic E-state index is 12.8. The number of nitrogens with one attached hydrogen (secondary N) is 2. The van der Waals surface area contributed by atoms with Crippen molar-refractivity contribution in [1.82, 2.24) is 10.7 Å². The van der Waals surface area contributed by atoms with E-state index in [9.17, 15) is 4.39 Å². The van der Waals surface area contributed by atoms with Crippen molar-refractivity contribution in [3.8, 4) is 0 Å². The van der Waals surface area contributed by atoms with Crippen LogP contribution >= 0.6 is 12.2 Å². The Hall–Kier alpha value is -1.53. The van der Waals surface area contributed by atoms with Crippen molar-refractivity contribution in [2.45, 2.75) is 25.9 Å². The minimum atomic E-state index is -0.261. The Labute approximate surface area is 123 Å². The Bertz CT molecular complexity index is 484. The second-order valence-corrected chi connectivity index (χ2v) is 5.07. The highest BCUT2D eigenvalue weighted by molar-refractivity contribution is 7.80. The maximum absolute atomic E-state index is 12.8. The quantitative estimate of drug-likeness (QED) is 0.508. The van der Waals surface area contributed by atoms with Crippen LogP contribution in [0.25, 0.3) is 0 Å².